The Morgan fingerprint density at radius 2 is 0.621 bits per heavy atom. The molecular weight excluding hydrogens is 1150 g/mol. The van der Waals surface area contributed by atoms with Gasteiger partial charge in [-0.3, -0.25) is 9.59 Å². The van der Waals surface area contributed by atoms with E-state index in [1.165, 1.54) is 12.2 Å². The Hall–Kier alpha value is -8.30. The van der Waals surface area contributed by atoms with Gasteiger partial charge in [0.05, 0.1) is 59.9 Å². The first kappa shape index (κ1) is 59.1. The van der Waals surface area contributed by atoms with Crippen molar-refractivity contribution in [1.82, 2.24) is 39.9 Å². The van der Waals surface area contributed by atoms with Gasteiger partial charge in [0.25, 0.3) is 0 Å². The van der Waals surface area contributed by atoms with Crippen molar-refractivity contribution in [2.45, 2.75) is 170 Å². The van der Waals surface area contributed by atoms with Crippen LogP contribution in [0.25, 0.3) is 89.7 Å². The van der Waals surface area contributed by atoms with Gasteiger partial charge in [-0.2, -0.15) is 0 Å². The fourth-order valence-corrected chi connectivity index (χ4v) is 11.8. The van der Waals surface area contributed by atoms with Gasteiger partial charge in [0.2, 0.25) is 0 Å². The summed E-state index contributed by atoms with van der Waals surface area (Å²) in [5.74, 6) is 3.15. The smallest absolute Gasteiger partial charge is 0.487 e. The van der Waals surface area contributed by atoms with Crippen LogP contribution in [-0.2, 0) is 29.1 Å². The Labute approximate surface area is 518 Å². The second-order valence-electron chi connectivity index (χ2n) is 23.4. The molecule has 10 bridgehead atoms. The van der Waals surface area contributed by atoms with Crippen molar-refractivity contribution in [3.05, 3.63) is 118 Å². The van der Waals surface area contributed by atoms with E-state index >= 15 is 0 Å². The monoisotopic (exact) mass is 1210 g/mol. The Kier molecular flexibility index (Phi) is 15.9. The van der Waals surface area contributed by atoms with E-state index in [0.29, 0.717) is 135 Å². The van der Waals surface area contributed by atoms with Crippen LogP contribution in [0.15, 0.2) is 96.1 Å². The van der Waals surface area contributed by atoms with Gasteiger partial charge in [0.1, 0.15) is 0 Å². The number of ketones is 2. The van der Waals surface area contributed by atoms with Crippen molar-refractivity contribution < 1.29 is 57.5 Å². The summed E-state index contributed by atoms with van der Waals surface area (Å²) in [6.45, 7) is 24.7. The number of benzene rings is 5. The molecule has 8 atom stereocenters. The summed E-state index contributed by atoms with van der Waals surface area (Å²) < 4.78 is 40.0. The first-order valence-corrected chi connectivity index (χ1v) is 30.6. The van der Waals surface area contributed by atoms with E-state index in [0.717, 1.165) is 60.8 Å². The van der Waals surface area contributed by atoms with E-state index in [-0.39, 0.29) is 67.7 Å². The summed E-state index contributed by atoms with van der Waals surface area (Å²) in [6, 6.07) is 23.9. The first-order valence-electron chi connectivity index (χ1n) is 30.6. The summed E-state index contributed by atoms with van der Waals surface area (Å²) in [5.41, 5.74) is 8.63. The Morgan fingerprint density at radius 1 is 0.368 bits per heavy atom. The van der Waals surface area contributed by atoms with E-state index in [1.54, 1.807) is 0 Å². The van der Waals surface area contributed by atoms with Crippen LogP contribution in [0, 0.1) is 0 Å². The second kappa shape index (κ2) is 23.4. The predicted octanol–water partition coefficient (Wildman–Crippen LogP) is 14.8. The SMILES string of the molecule is CCC(C)Oc1cc2c(cc1OC(C)CC)-c1nc-2nc2[n-]c(nc3nc(nc4[n-]c(n1)c1cc5c(cc41)[C@H]1C4=C(C(=O)C=CC4=O)[C@@H]5c4ccccc41)-c1cc(OC(C)CC)c(OC(C)CC)cc1-3)c1cc(OC(C)CC)c(OC(C)CC)cc21.[Zn+2]. The van der Waals surface area contributed by atoms with E-state index in [4.69, 9.17) is 68.3 Å². The number of carbonyl (C=O) groups excluding carboxylic acids is 2. The molecule has 4 aliphatic carbocycles. The summed E-state index contributed by atoms with van der Waals surface area (Å²) in [5, 5.41) is 2.62. The molecule has 0 saturated carbocycles. The van der Waals surface area contributed by atoms with E-state index < -0.39 is 11.8 Å². The summed E-state index contributed by atoms with van der Waals surface area (Å²) in [4.78, 5) is 71.2. The molecule has 14 rings (SSSR count). The number of hydrogen-bond donors (Lipinski definition) is 0. The Morgan fingerprint density at radius 3 is 0.885 bits per heavy atom. The molecule has 2 aliphatic heterocycles. The van der Waals surface area contributed by atoms with E-state index in [1.807, 2.05) is 90.1 Å². The van der Waals surface area contributed by atoms with Crippen LogP contribution < -0.4 is 38.4 Å². The molecular formula is C70H70N8O8Zn. The fraction of sp³-hybridized carbons (Fsp3) is 0.371. The largest absolute Gasteiger partial charge is 2.00 e. The third-order valence-electron chi connectivity index (χ3n) is 17.5. The summed E-state index contributed by atoms with van der Waals surface area (Å²) in [6.07, 6.45) is 6.48. The van der Waals surface area contributed by atoms with Gasteiger partial charge in [-0.15, -0.1) is 0 Å². The molecule has 8 aromatic rings. The molecule has 17 heteroatoms. The molecule has 0 N–H and O–H groups in total. The quantitative estimate of drug-likeness (QED) is 0.0581. The molecule has 440 valence electrons. The molecule has 6 aliphatic rings. The number of carbonyl (C=O) groups is 2. The minimum Gasteiger partial charge on any atom is -0.487 e. The average Bonchev–Trinajstić information content (AvgIpc) is 1.37. The van der Waals surface area contributed by atoms with Crippen molar-refractivity contribution in [2.75, 3.05) is 0 Å². The van der Waals surface area contributed by atoms with Crippen molar-refractivity contribution in [3.63, 3.8) is 0 Å². The van der Waals surface area contributed by atoms with E-state index in [9.17, 15) is 9.59 Å². The predicted molar refractivity (Wildman–Crippen MR) is 333 cm³/mol. The van der Waals surface area contributed by atoms with Crippen LogP contribution in [-0.4, -0.2) is 78.1 Å². The number of nitrogens with zero attached hydrogens (tertiary/aromatic N) is 8. The van der Waals surface area contributed by atoms with Crippen LogP contribution in [0.4, 0.5) is 0 Å². The number of rotatable bonds is 18. The second-order valence-corrected chi connectivity index (χ2v) is 23.4. The van der Waals surface area contributed by atoms with Gasteiger partial charge in [-0.1, -0.05) is 65.8 Å². The molecule has 0 saturated heterocycles. The zero-order valence-electron chi connectivity index (χ0n) is 51.5. The van der Waals surface area contributed by atoms with Crippen molar-refractivity contribution >= 4 is 55.7 Å². The van der Waals surface area contributed by atoms with Crippen LogP contribution in [0.5, 0.6) is 34.5 Å². The molecule has 0 radical (unpaired) electrons. The normalized spacial score (nSPS) is 17.3. The summed E-state index contributed by atoms with van der Waals surface area (Å²) in [7, 11) is 0. The third kappa shape index (κ3) is 10.3. The van der Waals surface area contributed by atoms with Crippen LogP contribution in [0.1, 0.15) is 156 Å². The van der Waals surface area contributed by atoms with Gasteiger partial charge < -0.3 is 58.3 Å². The first-order chi connectivity index (χ1) is 41.6. The van der Waals surface area contributed by atoms with Crippen LogP contribution >= 0.6 is 0 Å². The minimum absolute atomic E-state index is 0. The van der Waals surface area contributed by atoms with Gasteiger partial charge in [0.15, 0.2) is 46.1 Å². The number of allylic oxidation sites excluding steroid dienone is 4. The van der Waals surface area contributed by atoms with Crippen molar-refractivity contribution in [2.24, 2.45) is 0 Å². The maximum Gasteiger partial charge on any atom is 2.00 e. The van der Waals surface area contributed by atoms with Crippen LogP contribution in [0.3, 0.4) is 0 Å². The molecule has 3 aromatic heterocycles. The van der Waals surface area contributed by atoms with Gasteiger partial charge in [-0.05, 0) is 185 Å². The van der Waals surface area contributed by atoms with Gasteiger partial charge in [-0.25, -0.2) is 9.97 Å². The third-order valence-corrected chi connectivity index (χ3v) is 17.5. The van der Waals surface area contributed by atoms with Gasteiger partial charge >= 0.3 is 19.5 Å². The minimum atomic E-state index is -0.518. The zero-order valence-corrected chi connectivity index (χ0v) is 54.5. The molecule has 5 aromatic carbocycles. The Balaban J connectivity index is 0.00000739. The molecule has 0 amide bonds. The molecule has 16 nitrogen and oxygen atoms in total. The molecule has 6 unspecified atom stereocenters. The van der Waals surface area contributed by atoms with Crippen LogP contribution in [0.2, 0.25) is 0 Å². The number of ether oxygens (including phenoxy) is 6. The number of aromatic nitrogens is 8. The summed E-state index contributed by atoms with van der Waals surface area (Å²) >= 11 is 0. The molecule has 0 spiro atoms. The Bertz CT molecular complexity index is 4110. The van der Waals surface area contributed by atoms with Crippen molar-refractivity contribution in [1.29, 1.82) is 0 Å². The standard InChI is InChI=1S/C70H70N8O8.Zn/c1-13-33(7)81-53-27-45-47(29-55(53)83-35(9)15-3)67-74-65(45)72-63-43-25-41-42(60-40-22-20-19-21-39(40)59(41)61-51(79)23-24-52(80)62(60)61)26-44(43)64(71-63)73-66-46-28-54(82-34(8)14-2)56(84-36(10)16-4)30-48(46)68(75-66)77-70-50-32-58(86-38(12)18-6)57(85-37(11)17-5)31-49(50)69(76-67)78-70;/h19-38,59-60H,13-18H2,1-12H3;/q-2;+2/t33?,34?,35?,36?,37?,38?,59-,60+;. The van der Waals surface area contributed by atoms with Gasteiger partial charge in [0, 0.05) is 67.8 Å². The number of fused-ring (bicyclic) bond motifs is 20. The fourth-order valence-electron chi connectivity index (χ4n) is 11.8. The topological polar surface area (TPSA) is 195 Å². The molecule has 87 heavy (non-hydrogen) atoms. The average molecular weight is 1220 g/mol. The van der Waals surface area contributed by atoms with Crippen molar-refractivity contribution in [3.8, 4) is 80.0 Å². The van der Waals surface area contributed by atoms with E-state index in [2.05, 4.69) is 65.8 Å². The zero-order chi connectivity index (χ0) is 60.0. The maximum absolute atomic E-state index is 14.1. The molecule has 0 fully saturated rings. The maximum atomic E-state index is 14.1. The number of hydrogen-bond acceptors (Lipinski definition) is 14. The molecule has 5 heterocycles.